The van der Waals surface area contributed by atoms with Crippen molar-refractivity contribution < 1.29 is 8.78 Å². The van der Waals surface area contributed by atoms with Crippen LogP contribution in [-0.2, 0) is 0 Å². The van der Waals surface area contributed by atoms with E-state index in [1.165, 1.54) is 0 Å². The fourth-order valence-electron chi connectivity index (χ4n) is 1.45. The zero-order valence-electron chi connectivity index (χ0n) is 10.6. The van der Waals surface area contributed by atoms with E-state index in [9.17, 15) is 8.78 Å². The molecule has 0 rings (SSSR count). The van der Waals surface area contributed by atoms with E-state index < -0.39 is 6.43 Å². The molecule has 0 aromatic heterocycles. The maximum Gasteiger partial charge on any atom is 0.238 e. The molecular weight excluding hydrogens is 290 g/mol. The third kappa shape index (κ3) is 7.47. The summed E-state index contributed by atoms with van der Waals surface area (Å²) in [5.74, 6) is 0. The Labute approximate surface area is 111 Å². The van der Waals surface area contributed by atoms with Crippen LogP contribution >= 0.6 is 15.9 Å². The van der Waals surface area contributed by atoms with Crippen molar-refractivity contribution in [2.24, 2.45) is 4.99 Å². The summed E-state index contributed by atoms with van der Waals surface area (Å²) in [4.78, 5) is 4.04. The summed E-state index contributed by atoms with van der Waals surface area (Å²) in [6.45, 7) is 4.02. The first-order valence-electron chi connectivity index (χ1n) is 5.92. The van der Waals surface area contributed by atoms with Gasteiger partial charge in [-0.3, -0.25) is 4.99 Å². The predicted octanol–water partition coefficient (Wildman–Crippen LogP) is 4.12. The number of rotatable bonds is 8. The average molecular weight is 311 g/mol. The summed E-state index contributed by atoms with van der Waals surface area (Å²) in [5, 5.41) is 3.26. The number of halogens is 3. The molecule has 0 saturated carbocycles. The lowest BCUT2D eigenvalue weighted by molar-refractivity contribution is 0.130. The first-order valence-corrected chi connectivity index (χ1v) is 6.71. The van der Waals surface area contributed by atoms with Gasteiger partial charge in [0.2, 0.25) is 6.43 Å². The van der Waals surface area contributed by atoms with Gasteiger partial charge in [-0.05, 0) is 35.2 Å². The first kappa shape index (κ1) is 16.6. The van der Waals surface area contributed by atoms with Crippen LogP contribution in [0.2, 0.25) is 0 Å². The third-order valence-corrected chi connectivity index (χ3v) is 3.19. The van der Waals surface area contributed by atoms with Crippen LogP contribution in [0.25, 0.3) is 0 Å². The van der Waals surface area contributed by atoms with Crippen molar-refractivity contribution in [3.8, 4) is 0 Å². The molecule has 0 fully saturated rings. The number of nitrogens with zero attached hydrogens (tertiary/aromatic N) is 1. The molecule has 0 radical (unpaired) electrons. The largest absolute Gasteiger partial charge is 0.380 e. The Bertz CT molecular complexity index is 265. The molecule has 0 aliphatic rings. The fraction of sp³-hybridized carbons (Fsp3) is 0.750. The minimum atomic E-state index is -2.23. The summed E-state index contributed by atoms with van der Waals surface area (Å²) >= 11 is 3.35. The third-order valence-electron chi connectivity index (χ3n) is 2.41. The summed E-state index contributed by atoms with van der Waals surface area (Å²) in [6, 6.07) is 0.0658. The quantitative estimate of drug-likeness (QED) is 0.670. The topological polar surface area (TPSA) is 24.4 Å². The van der Waals surface area contributed by atoms with Gasteiger partial charge < -0.3 is 5.32 Å². The van der Waals surface area contributed by atoms with Gasteiger partial charge in [0.1, 0.15) is 4.62 Å². The molecule has 2 nitrogen and oxygen atoms in total. The first-order chi connectivity index (χ1) is 8.04. The van der Waals surface area contributed by atoms with E-state index in [4.69, 9.17) is 0 Å². The molecule has 0 aromatic rings. The zero-order chi connectivity index (χ0) is 13.3. The van der Waals surface area contributed by atoms with Crippen LogP contribution in [0, 0.1) is 0 Å². The molecule has 0 bridgehead atoms. The standard InChI is InChI=1S/C12H21BrF2N2/c1-4-6-10(12(13)16-3)17-9(5-2)7-8-11(14)15/h6,9,11,17H,4-5,7-8H2,1-3H3/b10-6+,16-12?. The van der Waals surface area contributed by atoms with Gasteiger partial charge in [0.25, 0.3) is 0 Å². The van der Waals surface area contributed by atoms with Crippen LogP contribution in [0.15, 0.2) is 16.8 Å². The van der Waals surface area contributed by atoms with Crippen molar-refractivity contribution in [3.63, 3.8) is 0 Å². The van der Waals surface area contributed by atoms with Gasteiger partial charge in [-0.15, -0.1) is 0 Å². The maximum absolute atomic E-state index is 12.2. The van der Waals surface area contributed by atoms with Crippen LogP contribution in [0.4, 0.5) is 8.78 Å². The Morgan fingerprint density at radius 1 is 1.35 bits per heavy atom. The molecule has 0 aliphatic carbocycles. The fourth-order valence-corrected chi connectivity index (χ4v) is 1.73. The lowest BCUT2D eigenvalue weighted by Crippen LogP contribution is -2.30. The van der Waals surface area contributed by atoms with E-state index in [2.05, 4.69) is 26.2 Å². The Morgan fingerprint density at radius 2 is 2.00 bits per heavy atom. The Balaban J connectivity index is 4.45. The van der Waals surface area contributed by atoms with Crippen molar-refractivity contribution in [1.82, 2.24) is 5.32 Å². The molecule has 0 heterocycles. The minimum Gasteiger partial charge on any atom is -0.380 e. The van der Waals surface area contributed by atoms with E-state index in [-0.39, 0.29) is 12.5 Å². The van der Waals surface area contributed by atoms with Gasteiger partial charge in [0.15, 0.2) is 0 Å². The molecular formula is C12H21BrF2N2. The lowest BCUT2D eigenvalue weighted by atomic mass is 10.1. The molecule has 0 spiro atoms. The Hall–Kier alpha value is -0.450. The monoisotopic (exact) mass is 310 g/mol. The van der Waals surface area contributed by atoms with Gasteiger partial charge in [0, 0.05) is 19.5 Å². The molecule has 100 valence electrons. The number of hydrogen-bond donors (Lipinski definition) is 1. The SMILES string of the molecule is CC/C=C(/NC(CC)CCC(F)F)C(Br)=NC. The molecule has 1 unspecified atom stereocenters. The highest BCUT2D eigenvalue weighted by Gasteiger charge is 2.12. The van der Waals surface area contributed by atoms with E-state index in [0.717, 1.165) is 23.2 Å². The van der Waals surface area contributed by atoms with E-state index in [0.29, 0.717) is 6.42 Å². The maximum atomic E-state index is 12.2. The Kier molecular flexibility index (Phi) is 9.31. The number of aliphatic imine (C=N–C) groups is 1. The van der Waals surface area contributed by atoms with Crippen LogP contribution < -0.4 is 5.32 Å². The molecule has 0 aliphatic heterocycles. The van der Waals surface area contributed by atoms with Crippen molar-refractivity contribution >= 4 is 20.6 Å². The second kappa shape index (κ2) is 9.57. The normalized spacial score (nSPS) is 15.2. The number of hydrogen-bond acceptors (Lipinski definition) is 2. The molecule has 0 saturated heterocycles. The van der Waals surface area contributed by atoms with E-state index in [1.54, 1.807) is 7.05 Å². The van der Waals surface area contributed by atoms with E-state index >= 15 is 0 Å². The van der Waals surface area contributed by atoms with Gasteiger partial charge in [-0.2, -0.15) is 0 Å². The highest BCUT2D eigenvalue weighted by molar-refractivity contribution is 9.18. The lowest BCUT2D eigenvalue weighted by Gasteiger charge is -2.20. The summed E-state index contributed by atoms with van der Waals surface area (Å²) in [6.07, 6.45) is 1.87. The van der Waals surface area contributed by atoms with Gasteiger partial charge in [-0.25, -0.2) is 8.78 Å². The Morgan fingerprint density at radius 3 is 2.41 bits per heavy atom. The molecule has 1 N–H and O–H groups in total. The predicted molar refractivity (Wildman–Crippen MR) is 73.1 cm³/mol. The summed E-state index contributed by atoms with van der Waals surface area (Å²) < 4.78 is 25.1. The highest BCUT2D eigenvalue weighted by atomic mass is 79.9. The summed E-state index contributed by atoms with van der Waals surface area (Å²) in [7, 11) is 1.69. The second-order valence-electron chi connectivity index (χ2n) is 3.76. The van der Waals surface area contributed by atoms with Crippen LogP contribution in [0.5, 0.6) is 0 Å². The number of alkyl halides is 2. The molecule has 17 heavy (non-hydrogen) atoms. The van der Waals surface area contributed by atoms with Crippen molar-refractivity contribution in [1.29, 1.82) is 0 Å². The van der Waals surface area contributed by atoms with Gasteiger partial charge in [0.05, 0.1) is 5.70 Å². The molecule has 1 atom stereocenters. The number of nitrogens with one attached hydrogen (secondary N) is 1. The van der Waals surface area contributed by atoms with Crippen LogP contribution in [0.3, 0.4) is 0 Å². The number of allylic oxidation sites excluding steroid dienone is 2. The summed E-state index contributed by atoms with van der Waals surface area (Å²) in [5.41, 5.74) is 0.885. The second-order valence-corrected chi connectivity index (χ2v) is 4.51. The van der Waals surface area contributed by atoms with Crippen LogP contribution in [0.1, 0.15) is 39.5 Å². The van der Waals surface area contributed by atoms with E-state index in [1.807, 2.05) is 19.9 Å². The molecule has 5 heteroatoms. The zero-order valence-corrected chi connectivity index (χ0v) is 12.2. The smallest absolute Gasteiger partial charge is 0.238 e. The minimum absolute atomic E-state index is 0.0637. The van der Waals surface area contributed by atoms with Crippen LogP contribution in [-0.4, -0.2) is 24.1 Å². The molecule has 0 amide bonds. The van der Waals surface area contributed by atoms with Gasteiger partial charge in [-0.1, -0.05) is 19.9 Å². The van der Waals surface area contributed by atoms with Crippen molar-refractivity contribution in [3.05, 3.63) is 11.8 Å². The highest BCUT2D eigenvalue weighted by Crippen LogP contribution is 2.12. The average Bonchev–Trinajstić information content (AvgIpc) is 2.31. The van der Waals surface area contributed by atoms with Gasteiger partial charge >= 0.3 is 0 Å². The van der Waals surface area contributed by atoms with Crippen molar-refractivity contribution in [2.45, 2.75) is 52.0 Å². The van der Waals surface area contributed by atoms with Crippen molar-refractivity contribution in [2.75, 3.05) is 7.05 Å². The molecule has 0 aromatic carbocycles.